The molecule has 1 aliphatic heterocycles. The Balaban J connectivity index is 0.00000114. The van der Waals surface area contributed by atoms with E-state index < -0.39 is 0 Å². The maximum Gasteiger partial charge on any atom is 0.132 e. The molecular weight excluding hydrogens is 333 g/mol. The van der Waals surface area contributed by atoms with Crippen molar-refractivity contribution in [3.05, 3.63) is 71.6 Å². The van der Waals surface area contributed by atoms with Crippen LogP contribution in [-0.2, 0) is 0 Å². The minimum atomic E-state index is -0.180. The molecule has 148 valence electrons. The monoisotopic (exact) mass is 369 g/mol. The Morgan fingerprint density at radius 1 is 1.19 bits per heavy atom. The summed E-state index contributed by atoms with van der Waals surface area (Å²) < 4.78 is 14.0. The summed E-state index contributed by atoms with van der Waals surface area (Å²) >= 11 is 0. The molecule has 1 aromatic carbocycles. The van der Waals surface area contributed by atoms with Crippen LogP contribution >= 0.6 is 0 Å². The van der Waals surface area contributed by atoms with Gasteiger partial charge in [-0.3, -0.25) is 4.99 Å². The maximum atomic E-state index is 14.0. The summed E-state index contributed by atoms with van der Waals surface area (Å²) in [7, 11) is 0. The van der Waals surface area contributed by atoms with Crippen LogP contribution in [0.5, 0.6) is 0 Å². The minimum absolute atomic E-state index is 0.0778. The highest BCUT2D eigenvalue weighted by Crippen LogP contribution is 2.29. The number of nitrogens with zero attached hydrogens (tertiary/aromatic N) is 1. The van der Waals surface area contributed by atoms with E-state index >= 15 is 0 Å². The van der Waals surface area contributed by atoms with Crippen molar-refractivity contribution in [1.29, 1.82) is 0 Å². The van der Waals surface area contributed by atoms with Crippen LogP contribution in [0.4, 0.5) is 4.39 Å². The average Bonchev–Trinajstić information content (AvgIpc) is 3.08. The summed E-state index contributed by atoms with van der Waals surface area (Å²) in [5.74, 6) is -0.180. The van der Waals surface area contributed by atoms with Gasteiger partial charge in [-0.15, -0.1) is 0 Å². The fraction of sp³-hybridized carbons (Fsp3) is 0.480. The zero-order valence-corrected chi connectivity index (χ0v) is 18.0. The largest absolute Gasteiger partial charge is 0.281 e. The van der Waals surface area contributed by atoms with Gasteiger partial charge in [-0.2, -0.15) is 0 Å². The van der Waals surface area contributed by atoms with Gasteiger partial charge in [0, 0.05) is 11.3 Å². The van der Waals surface area contributed by atoms with Crippen LogP contribution in [0.1, 0.15) is 72.8 Å². The van der Waals surface area contributed by atoms with Gasteiger partial charge in [0.2, 0.25) is 0 Å². The minimum Gasteiger partial charge on any atom is -0.281 e. The van der Waals surface area contributed by atoms with E-state index in [1.807, 2.05) is 18.2 Å². The molecule has 0 bridgehead atoms. The lowest BCUT2D eigenvalue weighted by molar-refractivity contribution is 0.517. The van der Waals surface area contributed by atoms with Crippen LogP contribution in [0.3, 0.4) is 0 Å². The molecule has 1 atom stereocenters. The first-order chi connectivity index (χ1) is 12.8. The topological polar surface area (TPSA) is 12.4 Å². The normalized spacial score (nSPS) is 17.9. The van der Waals surface area contributed by atoms with Crippen molar-refractivity contribution in [3.8, 4) is 0 Å². The van der Waals surface area contributed by atoms with Crippen LogP contribution in [0.15, 0.2) is 65.2 Å². The Bertz CT molecular complexity index is 701. The number of hydrogen-bond acceptors (Lipinski definition) is 1. The lowest BCUT2D eigenvalue weighted by atomic mass is 9.86. The fourth-order valence-corrected chi connectivity index (χ4v) is 3.04. The zero-order chi connectivity index (χ0) is 20.4. The lowest BCUT2D eigenvalue weighted by Gasteiger charge is -2.20. The molecule has 27 heavy (non-hydrogen) atoms. The Morgan fingerprint density at radius 2 is 1.81 bits per heavy atom. The van der Waals surface area contributed by atoms with E-state index in [-0.39, 0.29) is 17.3 Å². The van der Waals surface area contributed by atoms with Gasteiger partial charge in [0.25, 0.3) is 0 Å². The quantitative estimate of drug-likeness (QED) is 0.472. The summed E-state index contributed by atoms with van der Waals surface area (Å²) in [6, 6.07) is 7.07. The van der Waals surface area contributed by atoms with E-state index in [0.717, 1.165) is 25.0 Å². The third-order valence-corrected chi connectivity index (χ3v) is 4.55. The maximum absolute atomic E-state index is 14.0. The molecule has 0 aromatic heterocycles. The molecule has 0 saturated carbocycles. The molecule has 0 spiro atoms. The summed E-state index contributed by atoms with van der Waals surface area (Å²) in [4.78, 5) is 4.81. The van der Waals surface area contributed by atoms with Crippen LogP contribution in [0, 0.1) is 11.2 Å². The van der Waals surface area contributed by atoms with Gasteiger partial charge in [-0.25, -0.2) is 4.39 Å². The number of aliphatic imine (C=N–C) groups is 1. The number of benzene rings is 1. The third-order valence-electron chi connectivity index (χ3n) is 4.55. The van der Waals surface area contributed by atoms with Crippen molar-refractivity contribution in [2.24, 2.45) is 10.4 Å². The van der Waals surface area contributed by atoms with Gasteiger partial charge in [0.15, 0.2) is 0 Å². The molecule has 1 unspecified atom stereocenters. The number of rotatable bonds is 5. The van der Waals surface area contributed by atoms with Gasteiger partial charge in [-0.05, 0) is 41.9 Å². The first kappa shape index (κ1) is 23.1. The van der Waals surface area contributed by atoms with Crippen LogP contribution in [0.25, 0.3) is 0 Å². The standard InChI is InChI=1S/C22H28FN.C3H8/c1-6-16(12-13-17(7-2)22(3,4)5)20-14-15-21(24-20)18-10-8-9-11-19(18)23;1-3-2/h7-13,20H,2,6,14-15H2,1,3-5H3;3H2,1-2H3/b16-12+,17-13+;. The Hall–Kier alpha value is -1.96. The van der Waals surface area contributed by atoms with E-state index in [4.69, 9.17) is 4.99 Å². The molecule has 2 heteroatoms. The second-order valence-electron chi connectivity index (χ2n) is 7.99. The Kier molecular flexibility index (Phi) is 9.41. The average molecular weight is 370 g/mol. The number of halogens is 1. The number of allylic oxidation sites excluding steroid dienone is 4. The summed E-state index contributed by atoms with van der Waals surface area (Å²) in [6.07, 6.45) is 10.2. The van der Waals surface area contributed by atoms with Gasteiger partial charge >= 0.3 is 0 Å². The molecule has 0 radical (unpaired) electrons. The molecule has 0 fully saturated rings. The van der Waals surface area contributed by atoms with Crippen molar-refractivity contribution in [2.75, 3.05) is 0 Å². The molecule has 0 amide bonds. The number of hydrogen-bond donors (Lipinski definition) is 0. The van der Waals surface area contributed by atoms with E-state index in [0.29, 0.717) is 5.56 Å². The van der Waals surface area contributed by atoms with Gasteiger partial charge in [-0.1, -0.05) is 91.0 Å². The van der Waals surface area contributed by atoms with Gasteiger partial charge < -0.3 is 0 Å². The van der Waals surface area contributed by atoms with Crippen molar-refractivity contribution in [2.45, 2.75) is 73.3 Å². The van der Waals surface area contributed by atoms with Crippen molar-refractivity contribution in [3.63, 3.8) is 0 Å². The van der Waals surface area contributed by atoms with Crippen LogP contribution in [-0.4, -0.2) is 11.8 Å². The van der Waals surface area contributed by atoms with Crippen LogP contribution < -0.4 is 0 Å². The van der Waals surface area contributed by atoms with E-state index in [1.54, 1.807) is 6.07 Å². The highest BCUT2D eigenvalue weighted by molar-refractivity contribution is 6.02. The highest BCUT2D eigenvalue weighted by atomic mass is 19.1. The summed E-state index contributed by atoms with van der Waals surface area (Å²) in [5, 5.41) is 0. The molecule has 1 aromatic rings. The predicted octanol–water partition coefficient (Wildman–Crippen LogP) is 7.69. The Labute approximate surface area is 165 Å². The van der Waals surface area contributed by atoms with E-state index in [2.05, 4.69) is 60.3 Å². The zero-order valence-electron chi connectivity index (χ0n) is 18.0. The fourth-order valence-electron chi connectivity index (χ4n) is 3.04. The van der Waals surface area contributed by atoms with E-state index in [1.165, 1.54) is 23.6 Å². The van der Waals surface area contributed by atoms with Crippen molar-refractivity contribution in [1.82, 2.24) is 0 Å². The smallest absolute Gasteiger partial charge is 0.132 e. The predicted molar refractivity (Wildman–Crippen MR) is 118 cm³/mol. The van der Waals surface area contributed by atoms with Gasteiger partial charge in [0.05, 0.1) is 6.04 Å². The first-order valence-corrected chi connectivity index (χ1v) is 10.1. The second kappa shape index (κ2) is 11.0. The summed E-state index contributed by atoms with van der Waals surface area (Å²) in [6.45, 7) is 16.9. The van der Waals surface area contributed by atoms with Crippen molar-refractivity contribution >= 4 is 5.71 Å². The Morgan fingerprint density at radius 3 is 2.33 bits per heavy atom. The second-order valence-corrected chi connectivity index (χ2v) is 7.99. The third kappa shape index (κ3) is 6.93. The van der Waals surface area contributed by atoms with Crippen LogP contribution in [0.2, 0.25) is 0 Å². The van der Waals surface area contributed by atoms with Crippen molar-refractivity contribution < 1.29 is 4.39 Å². The van der Waals surface area contributed by atoms with Gasteiger partial charge in [0.1, 0.15) is 5.82 Å². The first-order valence-electron chi connectivity index (χ1n) is 10.1. The molecule has 1 aliphatic rings. The highest BCUT2D eigenvalue weighted by Gasteiger charge is 2.22. The molecule has 1 nitrogen and oxygen atoms in total. The summed E-state index contributed by atoms with van der Waals surface area (Å²) in [5.41, 5.74) is 4.12. The molecule has 1 heterocycles. The lowest BCUT2D eigenvalue weighted by Crippen LogP contribution is -2.08. The SMILES string of the molecule is C=C/C(=C\C=C(/CC)C1CCC(c2ccccc2F)=N1)C(C)(C)C.CCC. The molecule has 0 aliphatic carbocycles. The molecule has 2 rings (SSSR count). The molecule has 0 saturated heterocycles. The molecule has 0 N–H and O–H groups in total. The van der Waals surface area contributed by atoms with E-state index in [9.17, 15) is 4.39 Å². The molecular formula is C25H36FN.